The van der Waals surface area contributed by atoms with E-state index in [9.17, 15) is 4.79 Å². The van der Waals surface area contributed by atoms with E-state index in [4.69, 9.17) is 0 Å². The van der Waals surface area contributed by atoms with Crippen LogP contribution in [0.25, 0.3) is 0 Å². The minimum atomic E-state index is 0.0803. The van der Waals surface area contributed by atoms with Crippen molar-refractivity contribution in [2.24, 2.45) is 5.92 Å². The Bertz CT molecular complexity index is 633. The van der Waals surface area contributed by atoms with Gasteiger partial charge in [-0.05, 0) is 38.8 Å². The van der Waals surface area contributed by atoms with E-state index in [0.717, 1.165) is 23.5 Å². The van der Waals surface area contributed by atoms with E-state index < -0.39 is 0 Å². The molecule has 1 saturated carbocycles. The second-order valence-corrected chi connectivity index (χ2v) is 6.61. The predicted octanol–water partition coefficient (Wildman–Crippen LogP) is 3.37. The first-order valence-electron chi connectivity index (χ1n) is 7.07. The number of carbonyl (C=O) groups excluding carboxylic acids is 1. The van der Waals surface area contributed by atoms with E-state index in [2.05, 4.69) is 27.5 Å². The first kappa shape index (κ1) is 14.0. The number of anilines is 2. The maximum Gasteiger partial charge on any atom is 0.228 e. The van der Waals surface area contributed by atoms with Crippen LogP contribution in [0.3, 0.4) is 0 Å². The first-order valence-corrected chi connectivity index (χ1v) is 7.89. The smallest absolute Gasteiger partial charge is 0.228 e. The molecule has 3 rings (SSSR count). The third kappa shape index (κ3) is 3.58. The number of thiazole rings is 1. The summed E-state index contributed by atoms with van der Waals surface area (Å²) >= 11 is 1.69. The molecule has 2 N–H and O–H groups in total. The zero-order valence-corrected chi connectivity index (χ0v) is 12.9. The zero-order valence-electron chi connectivity index (χ0n) is 12.1. The molecular weight excluding hydrogens is 284 g/mol. The molecular formula is C15H18N4OS. The van der Waals surface area contributed by atoms with Crippen LogP contribution in [-0.4, -0.2) is 15.9 Å². The number of amides is 1. The van der Waals surface area contributed by atoms with Crippen molar-refractivity contribution in [2.75, 3.05) is 10.6 Å². The zero-order chi connectivity index (χ0) is 14.8. The fourth-order valence-corrected chi connectivity index (χ4v) is 2.81. The van der Waals surface area contributed by atoms with Crippen molar-refractivity contribution >= 4 is 28.7 Å². The minimum Gasteiger partial charge on any atom is -0.376 e. The highest BCUT2D eigenvalue weighted by molar-refractivity contribution is 7.11. The Morgan fingerprint density at radius 3 is 2.71 bits per heavy atom. The van der Waals surface area contributed by atoms with Crippen LogP contribution in [0.5, 0.6) is 0 Å². The highest BCUT2D eigenvalue weighted by atomic mass is 32.1. The number of carbonyl (C=O) groups is 1. The number of hydrogen-bond donors (Lipinski definition) is 2. The van der Waals surface area contributed by atoms with Crippen LogP contribution in [0, 0.1) is 12.8 Å². The van der Waals surface area contributed by atoms with Crippen LogP contribution in [-0.2, 0) is 4.79 Å². The summed E-state index contributed by atoms with van der Waals surface area (Å²) in [6.45, 7) is 4.09. The molecule has 0 unspecified atom stereocenters. The van der Waals surface area contributed by atoms with Crippen molar-refractivity contribution in [1.82, 2.24) is 9.97 Å². The lowest BCUT2D eigenvalue weighted by atomic mass is 10.3. The number of aryl methyl sites for hydroxylation is 1. The van der Waals surface area contributed by atoms with Gasteiger partial charge in [0.2, 0.25) is 5.91 Å². The van der Waals surface area contributed by atoms with Crippen LogP contribution in [0.4, 0.5) is 11.5 Å². The summed E-state index contributed by atoms with van der Waals surface area (Å²) in [6.07, 6.45) is 5.64. The molecule has 1 amide bonds. The maximum absolute atomic E-state index is 11.7. The number of hydrogen-bond acceptors (Lipinski definition) is 5. The van der Waals surface area contributed by atoms with E-state index in [1.165, 1.54) is 4.88 Å². The number of aromatic nitrogens is 2. The molecule has 0 spiro atoms. The van der Waals surface area contributed by atoms with Gasteiger partial charge in [-0.25, -0.2) is 9.97 Å². The molecule has 21 heavy (non-hydrogen) atoms. The van der Waals surface area contributed by atoms with Crippen molar-refractivity contribution < 1.29 is 4.79 Å². The predicted molar refractivity (Wildman–Crippen MR) is 84.5 cm³/mol. The molecule has 110 valence electrons. The summed E-state index contributed by atoms with van der Waals surface area (Å²) in [7, 11) is 0. The Morgan fingerprint density at radius 1 is 1.33 bits per heavy atom. The molecule has 2 aromatic heterocycles. The van der Waals surface area contributed by atoms with Gasteiger partial charge in [0.05, 0.1) is 22.9 Å². The Balaban J connectivity index is 1.59. The molecule has 0 bridgehead atoms. The number of nitrogens with one attached hydrogen (secondary N) is 2. The third-order valence-electron chi connectivity index (χ3n) is 3.41. The van der Waals surface area contributed by atoms with Gasteiger partial charge < -0.3 is 10.6 Å². The summed E-state index contributed by atoms with van der Waals surface area (Å²) in [5.74, 6) is 0.884. The second-order valence-electron chi connectivity index (χ2n) is 5.34. The standard InChI is InChI=1S/C15H18N4OS/c1-9(13-8-16-10(2)21-13)18-12-5-6-14(17-7-12)19-15(20)11-3-4-11/h5-9,11,18H,3-4H2,1-2H3,(H,17,19,20)/t9-/m0/s1. The summed E-state index contributed by atoms with van der Waals surface area (Å²) in [4.78, 5) is 21.4. The van der Waals surface area contributed by atoms with E-state index in [-0.39, 0.29) is 17.9 Å². The molecule has 0 radical (unpaired) electrons. The molecule has 1 atom stereocenters. The van der Waals surface area contributed by atoms with Crippen LogP contribution in [0.15, 0.2) is 24.5 Å². The van der Waals surface area contributed by atoms with Gasteiger partial charge in [-0.15, -0.1) is 11.3 Å². The highest BCUT2D eigenvalue weighted by Gasteiger charge is 2.29. The van der Waals surface area contributed by atoms with Crippen LogP contribution in [0.2, 0.25) is 0 Å². The average molecular weight is 302 g/mol. The second kappa shape index (κ2) is 5.81. The number of pyridine rings is 1. The summed E-state index contributed by atoms with van der Waals surface area (Å²) < 4.78 is 0. The largest absolute Gasteiger partial charge is 0.376 e. The van der Waals surface area contributed by atoms with Crippen LogP contribution >= 0.6 is 11.3 Å². The van der Waals surface area contributed by atoms with Gasteiger partial charge >= 0.3 is 0 Å². The van der Waals surface area contributed by atoms with Crippen LogP contribution in [0.1, 0.15) is 35.7 Å². The normalized spacial score (nSPS) is 15.5. The van der Waals surface area contributed by atoms with Gasteiger partial charge in [0.15, 0.2) is 0 Å². The molecule has 1 aliphatic rings. The maximum atomic E-state index is 11.7. The molecule has 1 fully saturated rings. The molecule has 5 nitrogen and oxygen atoms in total. The third-order valence-corrected chi connectivity index (χ3v) is 4.51. The van der Waals surface area contributed by atoms with Gasteiger partial charge in [-0.3, -0.25) is 4.79 Å². The molecule has 0 aliphatic heterocycles. The van der Waals surface area contributed by atoms with Gasteiger partial charge in [0, 0.05) is 17.0 Å². The average Bonchev–Trinajstić information content (AvgIpc) is 3.23. The molecule has 0 aromatic carbocycles. The number of rotatable bonds is 5. The van der Waals surface area contributed by atoms with E-state index >= 15 is 0 Å². The number of nitrogens with zero attached hydrogens (tertiary/aromatic N) is 2. The Morgan fingerprint density at radius 2 is 2.14 bits per heavy atom. The molecule has 0 saturated heterocycles. The van der Waals surface area contributed by atoms with E-state index in [1.807, 2.05) is 25.3 Å². The summed E-state index contributed by atoms with van der Waals surface area (Å²) in [5.41, 5.74) is 0.929. The van der Waals surface area contributed by atoms with Crippen molar-refractivity contribution in [1.29, 1.82) is 0 Å². The fraction of sp³-hybridized carbons (Fsp3) is 0.400. The van der Waals surface area contributed by atoms with Crippen molar-refractivity contribution in [3.63, 3.8) is 0 Å². The van der Waals surface area contributed by atoms with Crippen molar-refractivity contribution in [3.05, 3.63) is 34.4 Å². The monoisotopic (exact) mass is 302 g/mol. The van der Waals surface area contributed by atoms with Crippen LogP contribution < -0.4 is 10.6 Å². The lowest BCUT2D eigenvalue weighted by Gasteiger charge is -2.13. The summed E-state index contributed by atoms with van der Waals surface area (Å²) in [6, 6.07) is 3.94. The highest BCUT2D eigenvalue weighted by Crippen LogP contribution is 2.30. The van der Waals surface area contributed by atoms with Gasteiger partial charge in [-0.1, -0.05) is 0 Å². The summed E-state index contributed by atoms with van der Waals surface area (Å²) in [5, 5.41) is 7.28. The Labute approximate surface area is 127 Å². The minimum absolute atomic E-state index is 0.0803. The van der Waals surface area contributed by atoms with E-state index in [1.54, 1.807) is 17.5 Å². The lowest BCUT2D eigenvalue weighted by Crippen LogP contribution is -2.14. The quantitative estimate of drug-likeness (QED) is 0.888. The molecule has 2 heterocycles. The van der Waals surface area contributed by atoms with Gasteiger partial charge in [-0.2, -0.15) is 0 Å². The molecule has 6 heteroatoms. The van der Waals surface area contributed by atoms with Gasteiger partial charge in [0.1, 0.15) is 5.82 Å². The van der Waals surface area contributed by atoms with Crippen molar-refractivity contribution in [3.8, 4) is 0 Å². The Hall–Kier alpha value is -1.95. The fourth-order valence-electron chi connectivity index (χ4n) is 2.03. The van der Waals surface area contributed by atoms with Crippen molar-refractivity contribution in [2.45, 2.75) is 32.7 Å². The Kier molecular flexibility index (Phi) is 3.88. The van der Waals surface area contributed by atoms with Gasteiger partial charge in [0.25, 0.3) is 0 Å². The molecule has 1 aliphatic carbocycles. The van der Waals surface area contributed by atoms with E-state index in [0.29, 0.717) is 5.82 Å². The SMILES string of the molecule is Cc1ncc([C@H](C)Nc2ccc(NC(=O)C3CC3)nc2)s1. The lowest BCUT2D eigenvalue weighted by molar-refractivity contribution is -0.117. The first-order chi connectivity index (χ1) is 10.1. The molecule has 2 aromatic rings. The topological polar surface area (TPSA) is 66.9 Å².